The molecule has 0 aliphatic heterocycles. The quantitative estimate of drug-likeness (QED) is 0.905. The minimum Gasteiger partial charge on any atom is -0.210 e. The second-order valence-electron chi connectivity index (χ2n) is 4.15. The summed E-state index contributed by atoms with van der Waals surface area (Å²) in [6.07, 6.45) is 3.47. The summed E-state index contributed by atoms with van der Waals surface area (Å²) in [6.45, 7) is 2.45. The molecule has 16 heavy (non-hydrogen) atoms. The van der Waals surface area contributed by atoms with E-state index in [-0.39, 0.29) is 0 Å². The molecule has 1 aromatic rings. The lowest BCUT2D eigenvalue weighted by molar-refractivity contribution is 0.577. The van der Waals surface area contributed by atoms with E-state index in [1.807, 2.05) is 6.92 Å². The Balaban J connectivity index is 1.99. The Kier molecular flexibility index (Phi) is 3.73. The van der Waals surface area contributed by atoms with Crippen molar-refractivity contribution in [3.05, 3.63) is 15.4 Å². The number of nitrogens with one attached hydrogen (secondary N) is 1. The molecule has 0 amide bonds. The molecule has 1 N–H and O–H groups in total. The summed E-state index contributed by atoms with van der Waals surface area (Å²) in [7, 11) is -3.29. The first-order chi connectivity index (χ1) is 7.49. The van der Waals surface area contributed by atoms with Gasteiger partial charge < -0.3 is 0 Å². The van der Waals surface area contributed by atoms with E-state index in [0.717, 1.165) is 21.7 Å². The molecule has 1 fully saturated rings. The summed E-state index contributed by atoms with van der Waals surface area (Å²) in [4.78, 5) is 0. The molecule has 6 heteroatoms. The minimum absolute atomic E-state index is 0.396. The first-order valence-electron chi connectivity index (χ1n) is 5.24. The molecule has 1 aliphatic carbocycles. The predicted octanol–water partition coefficient (Wildman–Crippen LogP) is 2.90. The monoisotopic (exact) mass is 323 g/mol. The van der Waals surface area contributed by atoms with Crippen molar-refractivity contribution < 1.29 is 8.42 Å². The van der Waals surface area contributed by atoms with Crippen LogP contribution >= 0.6 is 27.3 Å². The van der Waals surface area contributed by atoms with Gasteiger partial charge in [-0.15, -0.1) is 11.3 Å². The van der Waals surface area contributed by atoms with Crippen LogP contribution in [0.4, 0.5) is 0 Å². The third-order valence-corrected chi connectivity index (χ3v) is 6.71. The third-order valence-electron chi connectivity index (χ3n) is 2.64. The van der Waals surface area contributed by atoms with E-state index in [0.29, 0.717) is 10.8 Å². The van der Waals surface area contributed by atoms with Crippen molar-refractivity contribution >= 4 is 37.3 Å². The van der Waals surface area contributed by atoms with Gasteiger partial charge in [0.15, 0.2) is 0 Å². The van der Waals surface area contributed by atoms with Crippen LogP contribution in [-0.4, -0.2) is 15.0 Å². The van der Waals surface area contributed by atoms with Crippen LogP contribution in [0.15, 0.2) is 14.1 Å². The summed E-state index contributed by atoms with van der Waals surface area (Å²) in [5, 5.41) is 0. The molecule has 1 aliphatic rings. The van der Waals surface area contributed by atoms with Crippen LogP contribution in [-0.2, 0) is 10.0 Å². The molecule has 0 bridgehead atoms. The molecule has 0 unspecified atom stereocenters. The summed E-state index contributed by atoms with van der Waals surface area (Å²) < 4.78 is 27.7. The molecule has 1 aromatic heterocycles. The maximum absolute atomic E-state index is 11.9. The van der Waals surface area contributed by atoms with Crippen molar-refractivity contribution in [3.8, 4) is 0 Å². The molecule has 2 rings (SSSR count). The number of hydrogen-bond acceptors (Lipinski definition) is 3. The Labute approximate surface area is 108 Å². The number of hydrogen-bond donors (Lipinski definition) is 1. The highest BCUT2D eigenvalue weighted by atomic mass is 79.9. The van der Waals surface area contributed by atoms with Gasteiger partial charge in [0.2, 0.25) is 10.0 Å². The topological polar surface area (TPSA) is 46.2 Å². The summed E-state index contributed by atoms with van der Waals surface area (Å²) in [5.41, 5.74) is 0.965. The first kappa shape index (κ1) is 12.5. The van der Waals surface area contributed by atoms with Crippen LogP contribution < -0.4 is 4.72 Å². The van der Waals surface area contributed by atoms with E-state index in [1.54, 1.807) is 6.07 Å². The van der Waals surface area contributed by atoms with Crippen LogP contribution in [0.5, 0.6) is 0 Å². The lowest BCUT2D eigenvalue weighted by Crippen LogP contribution is -2.24. The fraction of sp³-hybridized carbons (Fsp3) is 0.600. The van der Waals surface area contributed by atoms with Gasteiger partial charge in [0.1, 0.15) is 4.21 Å². The zero-order valence-electron chi connectivity index (χ0n) is 8.99. The van der Waals surface area contributed by atoms with Gasteiger partial charge in [-0.1, -0.05) is 12.8 Å². The fourth-order valence-electron chi connectivity index (χ4n) is 1.44. The van der Waals surface area contributed by atoms with Crippen LogP contribution in [0, 0.1) is 12.8 Å². The normalized spacial score (nSPS) is 16.6. The summed E-state index contributed by atoms with van der Waals surface area (Å²) >= 11 is 4.60. The Morgan fingerprint density at radius 1 is 1.56 bits per heavy atom. The second kappa shape index (κ2) is 4.76. The Hall–Kier alpha value is 0.0900. The molecule has 3 nitrogen and oxygen atoms in total. The van der Waals surface area contributed by atoms with Gasteiger partial charge >= 0.3 is 0 Å². The minimum atomic E-state index is -3.29. The molecule has 1 saturated carbocycles. The predicted molar refractivity (Wildman–Crippen MR) is 69.3 cm³/mol. The Morgan fingerprint density at radius 3 is 2.75 bits per heavy atom. The standard InChI is InChI=1S/C10H14BrNO2S2/c1-7-6-9(15-10(7)11)16(13,14)12-5-4-8-2-3-8/h6,8,12H,2-5H2,1H3. The number of halogens is 1. The molecule has 0 radical (unpaired) electrons. The zero-order valence-corrected chi connectivity index (χ0v) is 12.2. The average Bonchev–Trinajstić information content (AvgIpc) is 2.94. The van der Waals surface area contributed by atoms with Crippen LogP contribution in [0.1, 0.15) is 24.8 Å². The molecule has 1 heterocycles. The van der Waals surface area contributed by atoms with E-state index < -0.39 is 10.0 Å². The highest BCUT2D eigenvalue weighted by Crippen LogP contribution is 2.32. The Bertz CT molecular complexity index is 458. The van der Waals surface area contributed by atoms with E-state index >= 15 is 0 Å². The van der Waals surface area contributed by atoms with Crippen molar-refractivity contribution in [1.82, 2.24) is 4.72 Å². The smallest absolute Gasteiger partial charge is 0.210 e. The van der Waals surface area contributed by atoms with E-state index in [4.69, 9.17) is 0 Å². The van der Waals surface area contributed by atoms with Crippen LogP contribution in [0.25, 0.3) is 0 Å². The molecular weight excluding hydrogens is 310 g/mol. The number of aryl methyl sites for hydroxylation is 1. The fourth-order valence-corrected chi connectivity index (χ4v) is 4.76. The largest absolute Gasteiger partial charge is 0.250 e. The Morgan fingerprint density at radius 2 is 2.25 bits per heavy atom. The van der Waals surface area contributed by atoms with Gasteiger partial charge in [0.25, 0.3) is 0 Å². The molecule has 0 aromatic carbocycles. The zero-order chi connectivity index (χ0) is 11.8. The highest BCUT2D eigenvalue weighted by molar-refractivity contribution is 9.11. The van der Waals surface area contributed by atoms with Gasteiger partial charge in [-0.3, -0.25) is 0 Å². The SMILES string of the molecule is Cc1cc(S(=O)(=O)NCCC2CC2)sc1Br. The van der Waals surface area contributed by atoms with Gasteiger partial charge in [-0.2, -0.15) is 0 Å². The number of rotatable bonds is 5. The summed E-state index contributed by atoms with van der Waals surface area (Å²) in [5.74, 6) is 0.750. The van der Waals surface area contributed by atoms with E-state index in [9.17, 15) is 8.42 Å². The maximum Gasteiger partial charge on any atom is 0.250 e. The molecule has 0 atom stereocenters. The number of thiophene rings is 1. The first-order valence-corrected chi connectivity index (χ1v) is 8.34. The lowest BCUT2D eigenvalue weighted by atomic mass is 10.3. The van der Waals surface area contributed by atoms with Crippen molar-refractivity contribution in [2.75, 3.05) is 6.54 Å². The molecule has 90 valence electrons. The van der Waals surface area contributed by atoms with E-state index in [1.165, 1.54) is 24.2 Å². The maximum atomic E-state index is 11.9. The highest BCUT2D eigenvalue weighted by Gasteiger charge is 2.23. The van der Waals surface area contributed by atoms with Gasteiger partial charge in [0.05, 0.1) is 3.79 Å². The van der Waals surface area contributed by atoms with Gasteiger partial charge in [-0.25, -0.2) is 13.1 Å². The van der Waals surface area contributed by atoms with Crippen molar-refractivity contribution in [2.24, 2.45) is 5.92 Å². The lowest BCUT2D eigenvalue weighted by Gasteiger charge is -2.03. The third kappa shape index (κ3) is 3.06. The molecule has 0 spiro atoms. The van der Waals surface area contributed by atoms with Crippen molar-refractivity contribution in [2.45, 2.75) is 30.4 Å². The summed E-state index contributed by atoms with van der Waals surface area (Å²) in [6, 6.07) is 1.70. The molecular formula is C10H14BrNO2S2. The van der Waals surface area contributed by atoms with Crippen LogP contribution in [0.2, 0.25) is 0 Å². The van der Waals surface area contributed by atoms with Crippen LogP contribution in [0.3, 0.4) is 0 Å². The van der Waals surface area contributed by atoms with Crippen molar-refractivity contribution in [3.63, 3.8) is 0 Å². The second-order valence-corrected chi connectivity index (χ2v) is 8.52. The van der Waals surface area contributed by atoms with Crippen molar-refractivity contribution in [1.29, 1.82) is 0 Å². The molecule has 0 saturated heterocycles. The average molecular weight is 324 g/mol. The van der Waals surface area contributed by atoms with E-state index in [2.05, 4.69) is 20.7 Å². The van der Waals surface area contributed by atoms with Gasteiger partial charge in [0, 0.05) is 6.54 Å². The van der Waals surface area contributed by atoms with Gasteiger partial charge in [-0.05, 0) is 46.8 Å². The number of sulfonamides is 1.